The van der Waals surface area contributed by atoms with E-state index in [0.717, 1.165) is 19.6 Å². The molecule has 1 fully saturated rings. The standard InChI is InChI=1S/C10H20N2OS/c1-8(10(11)14)6-12-5-3-4-9(7-12)13-2/h8-9H,3-7H2,1-2H3,(H2,11,14). The van der Waals surface area contributed by atoms with Gasteiger partial charge in [-0.3, -0.25) is 0 Å². The molecule has 0 radical (unpaired) electrons. The van der Waals surface area contributed by atoms with Gasteiger partial charge in [0, 0.05) is 26.1 Å². The van der Waals surface area contributed by atoms with Crippen molar-refractivity contribution in [3.63, 3.8) is 0 Å². The first kappa shape index (κ1) is 11.9. The number of hydrogen-bond acceptors (Lipinski definition) is 3. The fraction of sp³-hybridized carbons (Fsp3) is 0.900. The summed E-state index contributed by atoms with van der Waals surface area (Å²) in [5.41, 5.74) is 5.59. The van der Waals surface area contributed by atoms with Crippen molar-refractivity contribution in [3.8, 4) is 0 Å². The van der Waals surface area contributed by atoms with E-state index in [0.29, 0.717) is 17.0 Å². The van der Waals surface area contributed by atoms with Crippen LogP contribution in [0.25, 0.3) is 0 Å². The summed E-state index contributed by atoms with van der Waals surface area (Å²) in [4.78, 5) is 3.01. The van der Waals surface area contributed by atoms with Gasteiger partial charge in [0.05, 0.1) is 11.1 Å². The Hall–Kier alpha value is -0.190. The lowest BCUT2D eigenvalue weighted by molar-refractivity contribution is 0.0294. The third kappa shape index (κ3) is 3.52. The lowest BCUT2D eigenvalue weighted by Gasteiger charge is -2.33. The van der Waals surface area contributed by atoms with E-state index < -0.39 is 0 Å². The molecule has 0 saturated carbocycles. The molecule has 1 aliphatic heterocycles. The van der Waals surface area contributed by atoms with Crippen LogP contribution >= 0.6 is 12.2 Å². The topological polar surface area (TPSA) is 38.5 Å². The SMILES string of the molecule is COC1CCCN(CC(C)C(N)=S)C1. The summed E-state index contributed by atoms with van der Waals surface area (Å²) in [6, 6.07) is 0. The molecule has 4 heteroatoms. The highest BCUT2D eigenvalue weighted by Gasteiger charge is 2.21. The third-order valence-corrected chi connectivity index (χ3v) is 3.22. The monoisotopic (exact) mass is 216 g/mol. The second-order valence-electron chi connectivity index (χ2n) is 4.06. The van der Waals surface area contributed by atoms with Crippen LogP contribution in [-0.4, -0.2) is 42.7 Å². The number of thiocarbonyl (C=S) groups is 1. The molecule has 0 aromatic rings. The molecule has 2 atom stereocenters. The molecule has 14 heavy (non-hydrogen) atoms. The van der Waals surface area contributed by atoms with Crippen molar-refractivity contribution in [3.05, 3.63) is 0 Å². The summed E-state index contributed by atoms with van der Waals surface area (Å²) >= 11 is 4.96. The molecule has 0 bridgehead atoms. The van der Waals surface area contributed by atoms with Crippen LogP contribution in [0, 0.1) is 5.92 Å². The van der Waals surface area contributed by atoms with E-state index in [2.05, 4.69) is 11.8 Å². The molecule has 82 valence electrons. The third-order valence-electron chi connectivity index (χ3n) is 2.81. The lowest BCUT2D eigenvalue weighted by atomic mass is 10.1. The van der Waals surface area contributed by atoms with Crippen molar-refractivity contribution in [2.24, 2.45) is 11.7 Å². The highest BCUT2D eigenvalue weighted by atomic mass is 32.1. The molecule has 1 heterocycles. The minimum absolute atomic E-state index is 0.306. The second-order valence-corrected chi connectivity index (χ2v) is 4.53. The number of ether oxygens (including phenoxy) is 1. The molecule has 0 spiro atoms. The van der Waals surface area contributed by atoms with E-state index in [4.69, 9.17) is 22.7 Å². The number of nitrogens with two attached hydrogens (primary N) is 1. The summed E-state index contributed by atoms with van der Waals surface area (Å²) in [6.07, 6.45) is 2.78. The average molecular weight is 216 g/mol. The Morgan fingerprint density at radius 1 is 1.71 bits per heavy atom. The van der Waals surface area contributed by atoms with E-state index >= 15 is 0 Å². The average Bonchev–Trinajstić information content (AvgIpc) is 2.18. The van der Waals surface area contributed by atoms with Crippen LogP contribution in [-0.2, 0) is 4.74 Å². The molecule has 0 aliphatic carbocycles. The van der Waals surface area contributed by atoms with E-state index in [1.807, 2.05) is 0 Å². The molecular formula is C10H20N2OS. The van der Waals surface area contributed by atoms with Gasteiger partial charge in [-0.15, -0.1) is 0 Å². The largest absolute Gasteiger partial charge is 0.393 e. The number of likely N-dealkylation sites (tertiary alicyclic amines) is 1. The van der Waals surface area contributed by atoms with Crippen molar-refractivity contribution in [1.29, 1.82) is 0 Å². The molecular weight excluding hydrogens is 196 g/mol. The van der Waals surface area contributed by atoms with Crippen LogP contribution in [0.4, 0.5) is 0 Å². The minimum Gasteiger partial charge on any atom is -0.393 e. The molecule has 0 amide bonds. The first-order valence-electron chi connectivity index (χ1n) is 5.18. The molecule has 2 N–H and O–H groups in total. The zero-order valence-corrected chi connectivity index (χ0v) is 9.85. The molecule has 3 nitrogen and oxygen atoms in total. The van der Waals surface area contributed by atoms with Gasteiger partial charge in [-0.2, -0.15) is 0 Å². The van der Waals surface area contributed by atoms with E-state index in [9.17, 15) is 0 Å². The zero-order chi connectivity index (χ0) is 10.6. The maximum Gasteiger partial charge on any atom is 0.0768 e. The maximum atomic E-state index is 5.59. The minimum atomic E-state index is 0.306. The molecule has 0 aromatic heterocycles. The van der Waals surface area contributed by atoms with Gasteiger partial charge < -0.3 is 15.4 Å². The smallest absolute Gasteiger partial charge is 0.0768 e. The number of rotatable bonds is 4. The summed E-state index contributed by atoms with van der Waals surface area (Å²) in [5.74, 6) is 0.306. The number of methoxy groups -OCH3 is 1. The van der Waals surface area contributed by atoms with Gasteiger partial charge in [0.15, 0.2) is 0 Å². The highest BCUT2D eigenvalue weighted by molar-refractivity contribution is 7.80. The lowest BCUT2D eigenvalue weighted by Crippen LogP contribution is -2.43. The van der Waals surface area contributed by atoms with Gasteiger partial charge >= 0.3 is 0 Å². The molecule has 2 unspecified atom stereocenters. The zero-order valence-electron chi connectivity index (χ0n) is 9.03. The van der Waals surface area contributed by atoms with Crippen molar-refractivity contribution < 1.29 is 4.74 Å². The van der Waals surface area contributed by atoms with Crippen LogP contribution < -0.4 is 5.73 Å². The Morgan fingerprint density at radius 2 is 2.43 bits per heavy atom. The first-order chi connectivity index (χ1) is 6.63. The Morgan fingerprint density at radius 3 is 3.00 bits per heavy atom. The van der Waals surface area contributed by atoms with Gasteiger partial charge in [-0.1, -0.05) is 19.1 Å². The quantitative estimate of drug-likeness (QED) is 0.712. The summed E-state index contributed by atoms with van der Waals surface area (Å²) in [5, 5.41) is 0. The predicted molar refractivity (Wildman–Crippen MR) is 62.4 cm³/mol. The maximum absolute atomic E-state index is 5.59. The van der Waals surface area contributed by atoms with Gasteiger partial charge in [0.25, 0.3) is 0 Å². The van der Waals surface area contributed by atoms with Crippen LogP contribution in [0.15, 0.2) is 0 Å². The van der Waals surface area contributed by atoms with Crippen molar-refractivity contribution >= 4 is 17.2 Å². The molecule has 0 aromatic carbocycles. The Labute approximate surface area is 91.6 Å². The van der Waals surface area contributed by atoms with Crippen LogP contribution in [0.1, 0.15) is 19.8 Å². The predicted octanol–water partition coefficient (Wildman–Crippen LogP) is 1.02. The number of hydrogen-bond donors (Lipinski definition) is 1. The van der Waals surface area contributed by atoms with Crippen molar-refractivity contribution in [1.82, 2.24) is 4.90 Å². The van der Waals surface area contributed by atoms with Gasteiger partial charge in [-0.25, -0.2) is 0 Å². The molecule has 1 rings (SSSR count). The van der Waals surface area contributed by atoms with Crippen LogP contribution in [0.2, 0.25) is 0 Å². The highest BCUT2D eigenvalue weighted by Crippen LogP contribution is 2.13. The Bertz CT molecular complexity index is 199. The molecule has 1 saturated heterocycles. The second kappa shape index (κ2) is 5.63. The number of piperidine rings is 1. The van der Waals surface area contributed by atoms with Gasteiger partial charge in [0.1, 0.15) is 0 Å². The van der Waals surface area contributed by atoms with Crippen LogP contribution in [0.3, 0.4) is 0 Å². The molecule has 1 aliphatic rings. The fourth-order valence-corrected chi connectivity index (χ4v) is 1.92. The van der Waals surface area contributed by atoms with E-state index in [1.165, 1.54) is 12.8 Å². The van der Waals surface area contributed by atoms with Gasteiger partial charge in [-0.05, 0) is 19.4 Å². The summed E-state index contributed by atoms with van der Waals surface area (Å²) in [6.45, 7) is 5.21. The van der Waals surface area contributed by atoms with Crippen molar-refractivity contribution in [2.45, 2.75) is 25.9 Å². The fourth-order valence-electron chi connectivity index (χ4n) is 1.85. The first-order valence-corrected chi connectivity index (χ1v) is 5.58. The Balaban J connectivity index is 2.33. The summed E-state index contributed by atoms with van der Waals surface area (Å²) < 4.78 is 5.36. The Kier molecular flexibility index (Phi) is 4.78. The van der Waals surface area contributed by atoms with Crippen LogP contribution in [0.5, 0.6) is 0 Å². The van der Waals surface area contributed by atoms with Crippen molar-refractivity contribution in [2.75, 3.05) is 26.7 Å². The van der Waals surface area contributed by atoms with E-state index in [-0.39, 0.29) is 0 Å². The van der Waals surface area contributed by atoms with E-state index in [1.54, 1.807) is 7.11 Å². The number of nitrogens with zero attached hydrogens (tertiary/aromatic N) is 1. The normalized spacial score (nSPS) is 26.0. The summed E-state index contributed by atoms with van der Waals surface area (Å²) in [7, 11) is 1.78. The van der Waals surface area contributed by atoms with Gasteiger partial charge in [0.2, 0.25) is 0 Å².